The highest BCUT2D eigenvalue weighted by Crippen LogP contribution is 2.44. The normalized spacial score (nSPS) is 14.6. The molecule has 1 heterocycles. The number of anilines is 2. The number of para-hydroxylation sites is 1. The fourth-order valence-electron chi connectivity index (χ4n) is 4.15. The van der Waals surface area contributed by atoms with Crippen LogP contribution in [0.5, 0.6) is 0 Å². The van der Waals surface area contributed by atoms with E-state index in [1.165, 1.54) is 10.4 Å². The highest BCUT2D eigenvalue weighted by molar-refractivity contribution is 7.97. The van der Waals surface area contributed by atoms with Crippen molar-refractivity contribution in [3.05, 3.63) is 112 Å². The number of hydrogen-bond acceptors (Lipinski definition) is 3. The van der Waals surface area contributed by atoms with Crippen LogP contribution in [-0.4, -0.2) is 20.9 Å². The molecule has 174 valence electrons. The summed E-state index contributed by atoms with van der Waals surface area (Å²) in [6.45, 7) is 7.75. The summed E-state index contributed by atoms with van der Waals surface area (Å²) in [5.41, 5.74) is 3.43. The number of rotatable bonds is 6. The molecule has 0 aromatic heterocycles. The maximum atomic E-state index is 13.9. The summed E-state index contributed by atoms with van der Waals surface area (Å²) >= 11 is 6.33. The molecule has 0 saturated heterocycles. The Bertz CT molecular complexity index is 1400. The van der Waals surface area contributed by atoms with Gasteiger partial charge >= 0.3 is 0 Å². The minimum Gasteiger partial charge on any atom is -0.321 e. The van der Waals surface area contributed by atoms with Crippen LogP contribution in [0, 0.1) is 0 Å². The molecule has 4 rings (SSSR count). The molecule has 34 heavy (non-hydrogen) atoms. The number of nitrogens with zero attached hydrogens (tertiary/aromatic N) is 1. The Morgan fingerprint density at radius 3 is 2.41 bits per heavy atom. The zero-order chi connectivity index (χ0) is 24.5. The van der Waals surface area contributed by atoms with E-state index < -0.39 is 15.9 Å². The second-order valence-corrected chi connectivity index (χ2v) is 10.5. The van der Waals surface area contributed by atoms with E-state index in [0.29, 0.717) is 33.1 Å². The van der Waals surface area contributed by atoms with E-state index in [0.717, 1.165) is 5.56 Å². The molecule has 0 bridgehead atoms. The molecule has 1 aliphatic rings. The third kappa shape index (κ3) is 4.27. The first-order valence-electron chi connectivity index (χ1n) is 10.9. The average molecular weight is 493 g/mol. The van der Waals surface area contributed by atoms with Gasteiger partial charge in [-0.25, -0.2) is 8.42 Å². The third-order valence-corrected chi connectivity index (χ3v) is 7.73. The number of halogens is 1. The predicted octanol–water partition coefficient (Wildman–Crippen LogP) is 6.20. The molecule has 0 radical (unpaired) electrons. The fourth-order valence-corrected chi connectivity index (χ4v) is 6.03. The molecule has 0 fully saturated rings. The van der Waals surface area contributed by atoms with Crippen molar-refractivity contribution in [3.63, 3.8) is 0 Å². The maximum Gasteiger partial charge on any atom is 0.270 e. The van der Waals surface area contributed by atoms with Crippen molar-refractivity contribution in [1.29, 1.82) is 0 Å². The predicted molar refractivity (Wildman–Crippen MR) is 140 cm³/mol. The van der Waals surface area contributed by atoms with Crippen LogP contribution in [0.2, 0.25) is 5.02 Å². The monoisotopic (exact) mass is 492 g/mol. The zero-order valence-electron chi connectivity index (χ0n) is 19.0. The standard InChI is InChI=1S/C27H25ClN2O3S/c1-4-16-30-24-15-14-20(28)17-22(24)25(19-10-6-5-7-11-19)26(34(30,32)33)27(31)29-23-13-9-8-12-21(23)18(2)3/h4-15,17-18H,1,16H2,2-3H3,(H,29,31). The molecule has 3 aromatic rings. The van der Waals surface area contributed by atoms with E-state index in [1.807, 2.05) is 38.1 Å². The van der Waals surface area contributed by atoms with Crippen LogP contribution in [0.4, 0.5) is 11.4 Å². The van der Waals surface area contributed by atoms with Gasteiger partial charge in [-0.3, -0.25) is 9.10 Å². The van der Waals surface area contributed by atoms with Gasteiger partial charge in [-0.2, -0.15) is 0 Å². The van der Waals surface area contributed by atoms with Gasteiger partial charge in [0.1, 0.15) is 0 Å². The van der Waals surface area contributed by atoms with Crippen molar-refractivity contribution in [1.82, 2.24) is 0 Å². The number of benzene rings is 3. The minimum atomic E-state index is -4.22. The molecule has 0 aliphatic carbocycles. The van der Waals surface area contributed by atoms with Crippen LogP contribution in [0.25, 0.3) is 5.57 Å². The first kappa shape index (κ1) is 23.8. The SMILES string of the molecule is C=CCN1c2ccc(Cl)cc2C(c2ccccc2)=C(C(=O)Nc2ccccc2C(C)C)S1(=O)=O. The van der Waals surface area contributed by atoms with Gasteiger partial charge in [0.2, 0.25) is 0 Å². The Labute approximate surface area is 205 Å². The van der Waals surface area contributed by atoms with E-state index >= 15 is 0 Å². The number of carbonyl (C=O) groups is 1. The molecule has 0 atom stereocenters. The van der Waals surface area contributed by atoms with E-state index in [2.05, 4.69) is 11.9 Å². The molecule has 0 saturated carbocycles. The van der Waals surface area contributed by atoms with E-state index in [1.54, 1.807) is 48.5 Å². The Balaban J connectivity index is 2.00. The van der Waals surface area contributed by atoms with Gasteiger partial charge in [-0.15, -0.1) is 6.58 Å². The molecule has 1 amide bonds. The van der Waals surface area contributed by atoms with Crippen molar-refractivity contribution >= 4 is 44.5 Å². The Kier molecular flexibility index (Phi) is 6.64. The molecule has 0 spiro atoms. The van der Waals surface area contributed by atoms with Crippen molar-refractivity contribution in [2.75, 3.05) is 16.2 Å². The first-order valence-corrected chi connectivity index (χ1v) is 12.7. The topological polar surface area (TPSA) is 66.5 Å². The molecule has 7 heteroatoms. The summed E-state index contributed by atoms with van der Waals surface area (Å²) in [4.78, 5) is 13.4. The smallest absolute Gasteiger partial charge is 0.270 e. The summed E-state index contributed by atoms with van der Waals surface area (Å²) in [5, 5.41) is 3.30. The number of nitrogens with one attached hydrogen (secondary N) is 1. The summed E-state index contributed by atoms with van der Waals surface area (Å²) < 4.78 is 29.0. The van der Waals surface area contributed by atoms with Crippen LogP contribution < -0.4 is 9.62 Å². The van der Waals surface area contributed by atoms with Gasteiger partial charge in [-0.05, 0) is 41.3 Å². The van der Waals surface area contributed by atoms with E-state index in [-0.39, 0.29) is 17.4 Å². The van der Waals surface area contributed by atoms with Crippen LogP contribution >= 0.6 is 11.6 Å². The lowest BCUT2D eigenvalue weighted by atomic mass is 9.95. The maximum absolute atomic E-state index is 13.9. The fraction of sp³-hybridized carbons (Fsp3) is 0.148. The Hall–Kier alpha value is -3.35. The van der Waals surface area contributed by atoms with Gasteiger partial charge in [0.25, 0.3) is 15.9 Å². The van der Waals surface area contributed by atoms with Gasteiger partial charge in [0.15, 0.2) is 4.91 Å². The van der Waals surface area contributed by atoms with Crippen molar-refractivity contribution in [2.45, 2.75) is 19.8 Å². The summed E-state index contributed by atoms with van der Waals surface area (Å²) in [6.07, 6.45) is 1.49. The molecule has 3 aromatic carbocycles. The lowest BCUT2D eigenvalue weighted by molar-refractivity contribution is -0.112. The number of fused-ring (bicyclic) bond motifs is 1. The molecular weight excluding hydrogens is 468 g/mol. The van der Waals surface area contributed by atoms with Crippen LogP contribution in [0.3, 0.4) is 0 Å². The molecular formula is C27H25ClN2O3S. The molecule has 1 aliphatic heterocycles. The highest BCUT2D eigenvalue weighted by Gasteiger charge is 2.41. The van der Waals surface area contributed by atoms with Gasteiger partial charge in [0.05, 0.1) is 12.2 Å². The Morgan fingerprint density at radius 1 is 1.06 bits per heavy atom. The lowest BCUT2D eigenvalue weighted by Gasteiger charge is -2.33. The lowest BCUT2D eigenvalue weighted by Crippen LogP contribution is -2.40. The van der Waals surface area contributed by atoms with Crippen LogP contribution in [-0.2, 0) is 14.8 Å². The molecule has 1 N–H and O–H groups in total. The highest BCUT2D eigenvalue weighted by atomic mass is 35.5. The minimum absolute atomic E-state index is 0.0123. The molecule has 5 nitrogen and oxygen atoms in total. The van der Waals surface area contributed by atoms with Gasteiger partial charge in [0, 0.05) is 21.8 Å². The van der Waals surface area contributed by atoms with Crippen LogP contribution in [0.15, 0.2) is 90.4 Å². The Morgan fingerprint density at radius 2 is 1.74 bits per heavy atom. The third-order valence-electron chi connectivity index (χ3n) is 5.67. The van der Waals surface area contributed by atoms with Gasteiger partial charge in [-0.1, -0.05) is 80.1 Å². The van der Waals surface area contributed by atoms with E-state index in [4.69, 9.17) is 11.6 Å². The quantitative estimate of drug-likeness (QED) is 0.417. The summed E-state index contributed by atoms with van der Waals surface area (Å²) in [5.74, 6) is -0.564. The number of carbonyl (C=O) groups excluding carboxylic acids is 1. The van der Waals surface area contributed by atoms with Crippen molar-refractivity contribution in [3.8, 4) is 0 Å². The average Bonchev–Trinajstić information content (AvgIpc) is 2.81. The number of hydrogen-bond donors (Lipinski definition) is 1. The molecule has 0 unspecified atom stereocenters. The second-order valence-electron chi connectivity index (χ2n) is 8.25. The summed E-state index contributed by atoms with van der Waals surface area (Å²) in [6, 6.07) is 21.4. The number of sulfonamides is 1. The van der Waals surface area contributed by atoms with Crippen molar-refractivity contribution < 1.29 is 13.2 Å². The number of amides is 1. The van der Waals surface area contributed by atoms with Crippen molar-refractivity contribution in [2.24, 2.45) is 0 Å². The van der Waals surface area contributed by atoms with Crippen LogP contribution in [0.1, 0.15) is 36.5 Å². The first-order chi connectivity index (χ1) is 16.3. The summed E-state index contributed by atoms with van der Waals surface area (Å²) in [7, 11) is -4.22. The second kappa shape index (κ2) is 9.49. The van der Waals surface area contributed by atoms with E-state index in [9.17, 15) is 13.2 Å². The zero-order valence-corrected chi connectivity index (χ0v) is 20.5. The largest absolute Gasteiger partial charge is 0.321 e. The van der Waals surface area contributed by atoms with Gasteiger partial charge < -0.3 is 5.32 Å².